The van der Waals surface area contributed by atoms with Gasteiger partial charge in [0.15, 0.2) is 6.61 Å². The van der Waals surface area contributed by atoms with Crippen LogP contribution in [-0.4, -0.2) is 19.7 Å². The molecule has 0 radical (unpaired) electrons. The lowest BCUT2D eigenvalue weighted by Crippen LogP contribution is -2.12. The van der Waals surface area contributed by atoms with Gasteiger partial charge in [0.2, 0.25) is 0 Å². The SMILES string of the molecule is COC(=O)COc1cccc(CC2=CCCC2)c1. The van der Waals surface area contributed by atoms with Crippen molar-refractivity contribution in [2.45, 2.75) is 25.7 Å². The third-order valence-corrected chi connectivity index (χ3v) is 3.05. The van der Waals surface area contributed by atoms with E-state index in [1.54, 1.807) is 0 Å². The molecular weight excluding hydrogens is 228 g/mol. The van der Waals surface area contributed by atoms with Gasteiger partial charge in [-0.1, -0.05) is 23.8 Å². The molecule has 1 aromatic carbocycles. The number of hydrogen-bond acceptors (Lipinski definition) is 3. The number of esters is 1. The topological polar surface area (TPSA) is 35.5 Å². The smallest absolute Gasteiger partial charge is 0.343 e. The molecule has 96 valence electrons. The van der Waals surface area contributed by atoms with Gasteiger partial charge in [-0.15, -0.1) is 0 Å². The van der Waals surface area contributed by atoms with Gasteiger partial charge >= 0.3 is 5.97 Å². The number of methoxy groups -OCH3 is 1. The van der Waals surface area contributed by atoms with E-state index in [-0.39, 0.29) is 12.6 Å². The second-order valence-corrected chi connectivity index (χ2v) is 4.44. The van der Waals surface area contributed by atoms with Gasteiger partial charge in [-0.2, -0.15) is 0 Å². The maximum atomic E-state index is 11.0. The summed E-state index contributed by atoms with van der Waals surface area (Å²) in [6, 6.07) is 7.89. The highest BCUT2D eigenvalue weighted by molar-refractivity contribution is 5.70. The molecule has 0 amide bonds. The molecule has 0 unspecified atom stereocenters. The molecule has 0 saturated heterocycles. The summed E-state index contributed by atoms with van der Waals surface area (Å²) >= 11 is 0. The van der Waals surface area contributed by atoms with Crippen LogP contribution in [0, 0.1) is 0 Å². The Balaban J connectivity index is 1.94. The van der Waals surface area contributed by atoms with Gasteiger partial charge in [0, 0.05) is 0 Å². The van der Waals surface area contributed by atoms with Gasteiger partial charge in [-0.05, 0) is 43.4 Å². The first-order valence-corrected chi connectivity index (χ1v) is 6.24. The van der Waals surface area contributed by atoms with Crippen LogP contribution in [0.2, 0.25) is 0 Å². The van der Waals surface area contributed by atoms with Crippen LogP contribution in [0.15, 0.2) is 35.9 Å². The average molecular weight is 246 g/mol. The van der Waals surface area contributed by atoms with E-state index < -0.39 is 0 Å². The molecule has 1 aliphatic carbocycles. The van der Waals surface area contributed by atoms with Crippen LogP contribution < -0.4 is 4.74 Å². The number of rotatable bonds is 5. The fourth-order valence-electron chi connectivity index (χ4n) is 2.11. The van der Waals surface area contributed by atoms with Crippen LogP contribution in [-0.2, 0) is 16.0 Å². The Hall–Kier alpha value is -1.77. The molecule has 0 saturated carbocycles. The number of hydrogen-bond donors (Lipinski definition) is 0. The quantitative estimate of drug-likeness (QED) is 0.592. The predicted molar refractivity (Wildman–Crippen MR) is 69.6 cm³/mol. The van der Waals surface area contributed by atoms with Crippen molar-refractivity contribution >= 4 is 5.97 Å². The maximum absolute atomic E-state index is 11.0. The van der Waals surface area contributed by atoms with Gasteiger partial charge < -0.3 is 9.47 Å². The van der Waals surface area contributed by atoms with Crippen molar-refractivity contribution in [1.29, 1.82) is 0 Å². The number of carbonyl (C=O) groups excluding carboxylic acids is 1. The third kappa shape index (κ3) is 3.62. The van der Waals surface area contributed by atoms with Crippen LogP contribution in [0.3, 0.4) is 0 Å². The Morgan fingerprint density at radius 1 is 1.39 bits per heavy atom. The van der Waals surface area contributed by atoms with Gasteiger partial charge in [0.1, 0.15) is 5.75 Å². The normalized spacial score (nSPS) is 14.2. The number of benzene rings is 1. The van der Waals surface area contributed by atoms with Crippen LogP contribution >= 0.6 is 0 Å². The predicted octanol–water partition coefficient (Wildman–Crippen LogP) is 2.89. The molecule has 1 aliphatic rings. The van der Waals surface area contributed by atoms with Gasteiger partial charge in [-0.25, -0.2) is 4.79 Å². The minimum absolute atomic E-state index is 0.0390. The first kappa shape index (κ1) is 12.7. The Labute approximate surface area is 107 Å². The molecule has 2 rings (SSSR count). The summed E-state index contributed by atoms with van der Waals surface area (Å²) in [7, 11) is 1.36. The minimum atomic E-state index is -0.362. The van der Waals surface area contributed by atoms with Gasteiger partial charge in [0.25, 0.3) is 0 Å². The van der Waals surface area contributed by atoms with E-state index in [2.05, 4.69) is 16.9 Å². The highest BCUT2D eigenvalue weighted by Crippen LogP contribution is 2.23. The molecule has 0 aliphatic heterocycles. The van der Waals surface area contributed by atoms with Crippen molar-refractivity contribution in [2.24, 2.45) is 0 Å². The van der Waals surface area contributed by atoms with E-state index in [1.165, 1.54) is 37.5 Å². The molecule has 0 bridgehead atoms. The van der Waals surface area contributed by atoms with Crippen molar-refractivity contribution in [2.75, 3.05) is 13.7 Å². The van der Waals surface area contributed by atoms with Gasteiger partial charge in [0.05, 0.1) is 7.11 Å². The van der Waals surface area contributed by atoms with Gasteiger partial charge in [-0.3, -0.25) is 0 Å². The lowest BCUT2D eigenvalue weighted by atomic mass is 10.0. The van der Waals surface area contributed by atoms with Crippen molar-refractivity contribution in [1.82, 2.24) is 0 Å². The summed E-state index contributed by atoms with van der Waals surface area (Å²) < 4.78 is 9.91. The lowest BCUT2D eigenvalue weighted by Gasteiger charge is -2.07. The van der Waals surface area contributed by atoms with Crippen molar-refractivity contribution in [3.63, 3.8) is 0 Å². The van der Waals surface area contributed by atoms with Crippen LogP contribution in [0.4, 0.5) is 0 Å². The summed E-state index contributed by atoms with van der Waals surface area (Å²) in [5.41, 5.74) is 2.73. The van der Waals surface area contributed by atoms with E-state index in [0.717, 1.165) is 12.2 Å². The van der Waals surface area contributed by atoms with E-state index in [0.29, 0.717) is 0 Å². The highest BCUT2D eigenvalue weighted by atomic mass is 16.6. The molecular formula is C15H18O3. The standard InChI is InChI=1S/C15H18O3/c1-17-15(16)11-18-14-8-4-7-13(10-14)9-12-5-2-3-6-12/h4-5,7-8,10H,2-3,6,9,11H2,1H3. The summed E-state index contributed by atoms with van der Waals surface area (Å²) in [6.45, 7) is -0.0390. The Bertz CT molecular complexity index is 449. The second-order valence-electron chi connectivity index (χ2n) is 4.44. The minimum Gasteiger partial charge on any atom is -0.482 e. The van der Waals surface area contributed by atoms with Crippen LogP contribution in [0.25, 0.3) is 0 Å². The molecule has 0 heterocycles. The molecule has 0 N–H and O–H groups in total. The maximum Gasteiger partial charge on any atom is 0.343 e. The fourth-order valence-corrected chi connectivity index (χ4v) is 2.11. The van der Waals surface area contributed by atoms with Crippen molar-refractivity contribution in [3.05, 3.63) is 41.5 Å². The van der Waals surface area contributed by atoms with Crippen molar-refractivity contribution in [3.8, 4) is 5.75 Å². The molecule has 18 heavy (non-hydrogen) atoms. The lowest BCUT2D eigenvalue weighted by molar-refractivity contribution is -0.142. The number of ether oxygens (including phenoxy) is 2. The Morgan fingerprint density at radius 3 is 3.00 bits per heavy atom. The zero-order valence-corrected chi connectivity index (χ0v) is 10.6. The third-order valence-electron chi connectivity index (χ3n) is 3.05. The Kier molecular flexibility index (Phi) is 4.40. The zero-order chi connectivity index (χ0) is 12.8. The summed E-state index contributed by atoms with van der Waals surface area (Å²) in [4.78, 5) is 11.0. The Morgan fingerprint density at radius 2 is 2.28 bits per heavy atom. The highest BCUT2D eigenvalue weighted by Gasteiger charge is 2.07. The molecule has 0 fully saturated rings. The molecule has 0 atom stereocenters. The van der Waals surface area contributed by atoms with E-state index in [1.807, 2.05) is 18.2 Å². The average Bonchev–Trinajstić information content (AvgIpc) is 2.89. The number of allylic oxidation sites excluding steroid dienone is 2. The molecule has 3 heteroatoms. The van der Waals surface area contributed by atoms with E-state index >= 15 is 0 Å². The van der Waals surface area contributed by atoms with Crippen LogP contribution in [0.1, 0.15) is 24.8 Å². The molecule has 1 aromatic rings. The number of carbonyl (C=O) groups is 1. The second kappa shape index (κ2) is 6.24. The summed E-state index contributed by atoms with van der Waals surface area (Å²) in [5, 5.41) is 0. The van der Waals surface area contributed by atoms with Crippen LogP contribution in [0.5, 0.6) is 5.75 Å². The zero-order valence-electron chi connectivity index (χ0n) is 10.6. The first-order valence-electron chi connectivity index (χ1n) is 6.24. The molecule has 3 nitrogen and oxygen atoms in total. The fraction of sp³-hybridized carbons (Fsp3) is 0.400. The molecule has 0 aromatic heterocycles. The molecule has 0 spiro atoms. The largest absolute Gasteiger partial charge is 0.482 e. The first-order chi connectivity index (χ1) is 8.78. The van der Waals surface area contributed by atoms with Crippen molar-refractivity contribution < 1.29 is 14.3 Å². The summed E-state index contributed by atoms with van der Waals surface area (Å²) in [5.74, 6) is 0.357. The summed E-state index contributed by atoms with van der Waals surface area (Å²) in [6.07, 6.45) is 6.98. The monoisotopic (exact) mass is 246 g/mol. The van der Waals surface area contributed by atoms with E-state index in [4.69, 9.17) is 4.74 Å². The van der Waals surface area contributed by atoms with E-state index in [9.17, 15) is 4.79 Å².